The Morgan fingerprint density at radius 2 is 1.59 bits per heavy atom. The highest BCUT2D eigenvalue weighted by Gasteiger charge is 2.37. The standard InChI is InChI=1S/C13H21NO2S/c15-11-5-4-6-12(16)14(11)9-13(10-17)7-2-1-3-8-13/h17H,1-10H2. The topological polar surface area (TPSA) is 37.4 Å². The maximum atomic E-state index is 11.8. The van der Waals surface area contributed by atoms with Crippen molar-refractivity contribution in [1.82, 2.24) is 4.90 Å². The number of nitrogens with zero attached hydrogens (tertiary/aromatic N) is 1. The molecule has 1 saturated heterocycles. The van der Waals surface area contributed by atoms with E-state index in [0.29, 0.717) is 19.4 Å². The summed E-state index contributed by atoms with van der Waals surface area (Å²) >= 11 is 4.46. The molecular formula is C13H21NO2S. The fraction of sp³-hybridized carbons (Fsp3) is 0.846. The van der Waals surface area contributed by atoms with Crippen LogP contribution < -0.4 is 0 Å². The van der Waals surface area contributed by atoms with Crippen LogP contribution in [0.4, 0.5) is 0 Å². The summed E-state index contributed by atoms with van der Waals surface area (Å²) in [5.41, 5.74) is 0.0873. The number of piperidine rings is 1. The normalized spacial score (nSPS) is 25.1. The minimum Gasteiger partial charge on any atom is -0.282 e. The predicted octanol–water partition coefficient (Wildman–Crippen LogP) is 2.41. The number of thiol groups is 1. The predicted molar refractivity (Wildman–Crippen MR) is 69.9 cm³/mol. The van der Waals surface area contributed by atoms with Crippen molar-refractivity contribution in [1.29, 1.82) is 0 Å². The lowest BCUT2D eigenvalue weighted by Gasteiger charge is -2.40. The molecule has 2 amide bonds. The van der Waals surface area contributed by atoms with Crippen molar-refractivity contribution < 1.29 is 9.59 Å². The highest BCUT2D eigenvalue weighted by Crippen LogP contribution is 2.38. The van der Waals surface area contributed by atoms with E-state index in [9.17, 15) is 9.59 Å². The molecule has 0 aromatic rings. The van der Waals surface area contributed by atoms with Crippen LogP contribution in [0.1, 0.15) is 51.4 Å². The van der Waals surface area contributed by atoms with E-state index in [0.717, 1.165) is 25.0 Å². The molecule has 0 bridgehead atoms. The average molecular weight is 255 g/mol. The lowest BCUT2D eigenvalue weighted by molar-refractivity contribution is -0.150. The fourth-order valence-corrected chi connectivity index (χ4v) is 3.40. The summed E-state index contributed by atoms with van der Waals surface area (Å²) in [5.74, 6) is 0.824. The molecule has 0 aromatic heterocycles. The number of amides is 2. The molecule has 17 heavy (non-hydrogen) atoms. The quantitative estimate of drug-likeness (QED) is 0.621. The average Bonchev–Trinajstić information content (AvgIpc) is 2.35. The molecular weight excluding hydrogens is 234 g/mol. The van der Waals surface area contributed by atoms with E-state index in [1.54, 1.807) is 0 Å². The fourth-order valence-electron chi connectivity index (χ4n) is 2.98. The third-order valence-corrected chi connectivity index (χ3v) is 4.80. The Hall–Kier alpha value is -0.510. The second kappa shape index (κ2) is 5.42. The molecule has 2 rings (SSSR count). The molecule has 4 heteroatoms. The van der Waals surface area contributed by atoms with Crippen LogP contribution in [0.5, 0.6) is 0 Å². The lowest BCUT2D eigenvalue weighted by atomic mass is 9.75. The maximum absolute atomic E-state index is 11.8. The number of rotatable bonds is 3. The highest BCUT2D eigenvalue weighted by atomic mass is 32.1. The Morgan fingerprint density at radius 1 is 1.00 bits per heavy atom. The molecule has 1 aliphatic carbocycles. The Labute approximate surface area is 108 Å². The van der Waals surface area contributed by atoms with Crippen LogP contribution in [-0.4, -0.2) is 29.0 Å². The molecule has 3 nitrogen and oxygen atoms in total. The van der Waals surface area contributed by atoms with Crippen molar-refractivity contribution in [2.75, 3.05) is 12.3 Å². The summed E-state index contributed by atoms with van der Waals surface area (Å²) in [6, 6.07) is 0. The third-order valence-electron chi connectivity index (χ3n) is 4.13. The number of carbonyl (C=O) groups excluding carboxylic acids is 2. The molecule has 0 aromatic carbocycles. The number of carbonyl (C=O) groups is 2. The number of imide groups is 1. The summed E-state index contributed by atoms with van der Waals surface area (Å²) in [7, 11) is 0. The zero-order valence-corrected chi connectivity index (χ0v) is 11.2. The zero-order valence-electron chi connectivity index (χ0n) is 10.3. The lowest BCUT2D eigenvalue weighted by Crippen LogP contribution is -2.48. The van der Waals surface area contributed by atoms with Crippen LogP contribution in [0.15, 0.2) is 0 Å². The van der Waals surface area contributed by atoms with Gasteiger partial charge >= 0.3 is 0 Å². The summed E-state index contributed by atoms with van der Waals surface area (Å²) in [6.45, 7) is 0.605. The van der Waals surface area contributed by atoms with Gasteiger partial charge in [-0.3, -0.25) is 14.5 Å². The Balaban J connectivity index is 2.06. The monoisotopic (exact) mass is 255 g/mol. The first kappa shape index (κ1) is 12.9. The van der Waals surface area contributed by atoms with Gasteiger partial charge in [0.25, 0.3) is 0 Å². The first-order valence-electron chi connectivity index (χ1n) is 6.61. The Kier molecular flexibility index (Phi) is 4.13. The molecule has 1 saturated carbocycles. The molecule has 0 spiro atoms. The van der Waals surface area contributed by atoms with Gasteiger partial charge in [-0.25, -0.2) is 0 Å². The molecule has 0 atom stereocenters. The second-order valence-electron chi connectivity index (χ2n) is 5.45. The first-order valence-corrected chi connectivity index (χ1v) is 7.24. The Bertz CT molecular complexity index is 295. The number of hydrogen-bond acceptors (Lipinski definition) is 3. The van der Waals surface area contributed by atoms with Gasteiger partial charge in [-0.05, 0) is 30.4 Å². The minimum absolute atomic E-state index is 0.0213. The molecule has 0 radical (unpaired) electrons. The van der Waals surface area contributed by atoms with E-state index < -0.39 is 0 Å². The van der Waals surface area contributed by atoms with Crippen LogP contribution in [0, 0.1) is 5.41 Å². The van der Waals surface area contributed by atoms with Crippen LogP contribution >= 0.6 is 12.6 Å². The summed E-state index contributed by atoms with van der Waals surface area (Å²) in [4.78, 5) is 25.1. The van der Waals surface area contributed by atoms with Gasteiger partial charge in [0.1, 0.15) is 0 Å². The van der Waals surface area contributed by atoms with Gasteiger partial charge < -0.3 is 0 Å². The van der Waals surface area contributed by atoms with Crippen molar-refractivity contribution in [2.24, 2.45) is 5.41 Å². The molecule has 0 N–H and O–H groups in total. The molecule has 2 fully saturated rings. The van der Waals surface area contributed by atoms with E-state index in [1.165, 1.54) is 24.2 Å². The van der Waals surface area contributed by atoms with E-state index in [4.69, 9.17) is 0 Å². The van der Waals surface area contributed by atoms with Crippen molar-refractivity contribution in [3.05, 3.63) is 0 Å². The zero-order chi connectivity index (χ0) is 12.3. The van der Waals surface area contributed by atoms with Crippen LogP contribution in [0.3, 0.4) is 0 Å². The van der Waals surface area contributed by atoms with Gasteiger partial charge in [-0.2, -0.15) is 12.6 Å². The van der Waals surface area contributed by atoms with Crippen molar-refractivity contribution >= 4 is 24.4 Å². The summed E-state index contributed by atoms with van der Waals surface area (Å²) in [5, 5.41) is 0. The highest BCUT2D eigenvalue weighted by molar-refractivity contribution is 7.80. The van der Waals surface area contributed by atoms with Gasteiger partial charge in [0.05, 0.1) is 0 Å². The van der Waals surface area contributed by atoms with Gasteiger partial charge in [0.2, 0.25) is 11.8 Å². The van der Waals surface area contributed by atoms with Crippen LogP contribution in [0.25, 0.3) is 0 Å². The molecule has 0 unspecified atom stereocenters. The number of hydrogen-bond donors (Lipinski definition) is 1. The van der Waals surface area contributed by atoms with Gasteiger partial charge in [-0.1, -0.05) is 19.3 Å². The molecule has 1 aliphatic heterocycles. The smallest absolute Gasteiger partial charge is 0.229 e. The summed E-state index contributed by atoms with van der Waals surface area (Å²) < 4.78 is 0. The van der Waals surface area contributed by atoms with Crippen LogP contribution in [0.2, 0.25) is 0 Å². The van der Waals surface area contributed by atoms with Crippen molar-refractivity contribution in [3.8, 4) is 0 Å². The Morgan fingerprint density at radius 3 is 2.12 bits per heavy atom. The van der Waals surface area contributed by atoms with E-state index in [2.05, 4.69) is 12.6 Å². The van der Waals surface area contributed by atoms with Crippen molar-refractivity contribution in [2.45, 2.75) is 51.4 Å². The maximum Gasteiger partial charge on any atom is 0.229 e. The van der Waals surface area contributed by atoms with E-state index >= 15 is 0 Å². The molecule has 96 valence electrons. The minimum atomic E-state index is 0.0213. The first-order chi connectivity index (χ1) is 8.17. The number of likely N-dealkylation sites (tertiary alicyclic amines) is 1. The summed E-state index contributed by atoms with van der Waals surface area (Å²) in [6.07, 6.45) is 7.69. The van der Waals surface area contributed by atoms with E-state index in [-0.39, 0.29) is 17.2 Å². The molecule has 1 heterocycles. The van der Waals surface area contributed by atoms with Gasteiger partial charge in [0.15, 0.2) is 0 Å². The van der Waals surface area contributed by atoms with Crippen LogP contribution in [-0.2, 0) is 9.59 Å². The SMILES string of the molecule is O=C1CCCC(=O)N1CC1(CS)CCCCC1. The largest absolute Gasteiger partial charge is 0.282 e. The van der Waals surface area contributed by atoms with Gasteiger partial charge in [0, 0.05) is 19.4 Å². The molecule has 2 aliphatic rings. The van der Waals surface area contributed by atoms with Gasteiger partial charge in [-0.15, -0.1) is 0 Å². The third kappa shape index (κ3) is 2.84. The second-order valence-corrected chi connectivity index (χ2v) is 5.76. The van der Waals surface area contributed by atoms with E-state index in [1.807, 2.05) is 0 Å². The van der Waals surface area contributed by atoms with Crippen molar-refractivity contribution in [3.63, 3.8) is 0 Å².